The number of rotatable bonds is 6. The van der Waals surface area contributed by atoms with Gasteiger partial charge in [0.1, 0.15) is 12.5 Å². The molecule has 0 radical (unpaired) electrons. The number of para-hydroxylation sites is 1. The van der Waals surface area contributed by atoms with E-state index in [1.807, 2.05) is 30.3 Å². The van der Waals surface area contributed by atoms with Crippen molar-refractivity contribution >= 4 is 5.97 Å². The van der Waals surface area contributed by atoms with Crippen molar-refractivity contribution < 1.29 is 14.3 Å². The fourth-order valence-corrected chi connectivity index (χ4v) is 1.02. The average Bonchev–Trinajstić information content (AvgIpc) is 2.26. The maximum absolute atomic E-state index is 10.9. The zero-order valence-electron chi connectivity index (χ0n) is 8.73. The molecule has 0 saturated heterocycles. The molecule has 0 spiro atoms. The van der Waals surface area contributed by atoms with Crippen molar-refractivity contribution in [2.75, 3.05) is 19.9 Å². The standard InChI is InChI=1S/C11H15NO3/c1-2-14-11(13)8-12-9-15-10-6-4-3-5-7-10/h3-7,12H,2,8-9H2,1H3. The van der Waals surface area contributed by atoms with Gasteiger partial charge >= 0.3 is 5.97 Å². The van der Waals surface area contributed by atoms with Crippen molar-refractivity contribution in [2.24, 2.45) is 0 Å². The molecular formula is C11H15NO3. The predicted octanol–water partition coefficient (Wildman–Crippen LogP) is 1.18. The van der Waals surface area contributed by atoms with E-state index < -0.39 is 0 Å². The Balaban J connectivity index is 2.10. The summed E-state index contributed by atoms with van der Waals surface area (Å²) < 4.78 is 10.1. The monoisotopic (exact) mass is 209 g/mol. The normalized spacial score (nSPS) is 9.67. The van der Waals surface area contributed by atoms with Crippen LogP contribution in [0.15, 0.2) is 30.3 Å². The summed E-state index contributed by atoms with van der Waals surface area (Å²) in [7, 11) is 0. The SMILES string of the molecule is CCOC(=O)CNCOc1ccccc1. The zero-order chi connectivity index (χ0) is 10.9. The lowest BCUT2D eigenvalue weighted by molar-refractivity contribution is -0.142. The molecule has 4 nitrogen and oxygen atoms in total. The lowest BCUT2D eigenvalue weighted by atomic mass is 10.3. The molecule has 1 aromatic carbocycles. The molecule has 1 N–H and O–H groups in total. The van der Waals surface area contributed by atoms with Crippen molar-refractivity contribution in [3.8, 4) is 5.75 Å². The van der Waals surface area contributed by atoms with Crippen LogP contribution in [0.3, 0.4) is 0 Å². The Morgan fingerprint density at radius 3 is 2.73 bits per heavy atom. The van der Waals surface area contributed by atoms with Crippen molar-refractivity contribution in [1.29, 1.82) is 0 Å². The Morgan fingerprint density at radius 2 is 2.07 bits per heavy atom. The molecule has 0 bridgehead atoms. The van der Waals surface area contributed by atoms with Crippen LogP contribution in [0.4, 0.5) is 0 Å². The van der Waals surface area contributed by atoms with Gasteiger partial charge in [0, 0.05) is 0 Å². The first-order chi connectivity index (χ1) is 7.33. The number of nitrogens with one attached hydrogen (secondary N) is 1. The number of hydrogen-bond donors (Lipinski definition) is 1. The van der Waals surface area contributed by atoms with Gasteiger partial charge in [-0.05, 0) is 19.1 Å². The second-order valence-corrected chi connectivity index (χ2v) is 2.83. The summed E-state index contributed by atoms with van der Waals surface area (Å²) in [5.74, 6) is 0.503. The Hall–Kier alpha value is -1.55. The number of esters is 1. The molecule has 15 heavy (non-hydrogen) atoms. The van der Waals surface area contributed by atoms with Gasteiger partial charge in [-0.25, -0.2) is 0 Å². The predicted molar refractivity (Wildman–Crippen MR) is 56.6 cm³/mol. The summed E-state index contributed by atoms with van der Waals surface area (Å²) >= 11 is 0. The number of ether oxygens (including phenoxy) is 2. The lowest BCUT2D eigenvalue weighted by Crippen LogP contribution is -2.28. The molecule has 1 aromatic rings. The molecular weight excluding hydrogens is 194 g/mol. The summed E-state index contributed by atoms with van der Waals surface area (Å²) in [5.41, 5.74) is 0. The van der Waals surface area contributed by atoms with Gasteiger partial charge in [-0.15, -0.1) is 0 Å². The highest BCUT2D eigenvalue weighted by Gasteiger charge is 1.99. The Morgan fingerprint density at radius 1 is 1.33 bits per heavy atom. The number of carbonyl (C=O) groups is 1. The van der Waals surface area contributed by atoms with E-state index in [2.05, 4.69) is 5.32 Å². The molecule has 82 valence electrons. The van der Waals surface area contributed by atoms with Gasteiger partial charge in [-0.1, -0.05) is 18.2 Å². The molecule has 0 aliphatic rings. The van der Waals surface area contributed by atoms with E-state index in [0.717, 1.165) is 5.75 Å². The molecule has 0 saturated carbocycles. The van der Waals surface area contributed by atoms with E-state index in [0.29, 0.717) is 13.3 Å². The first-order valence-electron chi connectivity index (χ1n) is 4.87. The van der Waals surface area contributed by atoms with Crippen LogP contribution < -0.4 is 10.1 Å². The molecule has 0 aliphatic carbocycles. The first kappa shape index (κ1) is 11.5. The van der Waals surface area contributed by atoms with Crippen LogP contribution in [-0.4, -0.2) is 25.9 Å². The molecule has 0 aliphatic heterocycles. The smallest absolute Gasteiger partial charge is 0.320 e. The van der Waals surface area contributed by atoms with Crippen LogP contribution in [0.1, 0.15) is 6.92 Å². The minimum atomic E-state index is -0.269. The van der Waals surface area contributed by atoms with Crippen molar-refractivity contribution in [3.63, 3.8) is 0 Å². The van der Waals surface area contributed by atoms with Gasteiger partial charge in [0.15, 0.2) is 0 Å². The average molecular weight is 209 g/mol. The van der Waals surface area contributed by atoms with Gasteiger partial charge in [0.2, 0.25) is 0 Å². The minimum Gasteiger partial charge on any atom is -0.478 e. The van der Waals surface area contributed by atoms with Crippen LogP contribution in [-0.2, 0) is 9.53 Å². The topological polar surface area (TPSA) is 47.6 Å². The van der Waals surface area contributed by atoms with Gasteiger partial charge in [-0.2, -0.15) is 0 Å². The molecule has 1 rings (SSSR count). The van der Waals surface area contributed by atoms with E-state index in [4.69, 9.17) is 9.47 Å². The van der Waals surface area contributed by atoms with Crippen molar-refractivity contribution in [2.45, 2.75) is 6.92 Å². The molecule has 0 amide bonds. The van der Waals surface area contributed by atoms with Crippen LogP contribution in [0.5, 0.6) is 5.75 Å². The van der Waals surface area contributed by atoms with Gasteiger partial charge in [0.25, 0.3) is 0 Å². The summed E-state index contributed by atoms with van der Waals surface area (Å²) in [6, 6.07) is 9.40. The third-order valence-corrected chi connectivity index (χ3v) is 1.66. The van der Waals surface area contributed by atoms with Crippen LogP contribution >= 0.6 is 0 Å². The van der Waals surface area contributed by atoms with E-state index in [1.165, 1.54) is 0 Å². The molecule has 0 unspecified atom stereocenters. The zero-order valence-corrected chi connectivity index (χ0v) is 8.73. The summed E-state index contributed by atoms with van der Waals surface area (Å²) in [6.45, 7) is 2.64. The van der Waals surface area contributed by atoms with Crippen molar-refractivity contribution in [3.05, 3.63) is 30.3 Å². The highest BCUT2D eigenvalue weighted by molar-refractivity contribution is 5.71. The summed E-state index contributed by atoms with van der Waals surface area (Å²) in [6.07, 6.45) is 0. The third kappa shape index (κ3) is 5.02. The summed E-state index contributed by atoms with van der Waals surface area (Å²) in [4.78, 5) is 10.9. The molecule has 4 heteroatoms. The van der Waals surface area contributed by atoms with E-state index >= 15 is 0 Å². The van der Waals surface area contributed by atoms with Crippen molar-refractivity contribution in [1.82, 2.24) is 5.32 Å². The van der Waals surface area contributed by atoms with E-state index in [9.17, 15) is 4.79 Å². The summed E-state index contributed by atoms with van der Waals surface area (Å²) in [5, 5.41) is 2.82. The van der Waals surface area contributed by atoms with Gasteiger partial charge < -0.3 is 9.47 Å². The Labute approximate surface area is 89.2 Å². The molecule has 0 heterocycles. The fourth-order valence-electron chi connectivity index (χ4n) is 1.02. The van der Waals surface area contributed by atoms with Crippen LogP contribution in [0, 0.1) is 0 Å². The highest BCUT2D eigenvalue weighted by Crippen LogP contribution is 2.06. The van der Waals surface area contributed by atoms with Gasteiger partial charge in [-0.3, -0.25) is 10.1 Å². The largest absolute Gasteiger partial charge is 0.478 e. The molecule has 0 atom stereocenters. The van der Waals surface area contributed by atoms with Crippen LogP contribution in [0.25, 0.3) is 0 Å². The van der Waals surface area contributed by atoms with E-state index in [-0.39, 0.29) is 12.5 Å². The van der Waals surface area contributed by atoms with Crippen LogP contribution in [0.2, 0.25) is 0 Å². The maximum atomic E-state index is 10.9. The quantitative estimate of drug-likeness (QED) is 0.434. The second kappa shape index (κ2) is 6.84. The number of carbonyl (C=O) groups excluding carboxylic acids is 1. The Bertz CT molecular complexity index is 287. The number of benzene rings is 1. The second-order valence-electron chi connectivity index (χ2n) is 2.83. The molecule has 0 aromatic heterocycles. The maximum Gasteiger partial charge on any atom is 0.320 e. The Kier molecular flexibility index (Phi) is 5.25. The third-order valence-electron chi connectivity index (χ3n) is 1.66. The number of hydrogen-bond acceptors (Lipinski definition) is 4. The lowest BCUT2D eigenvalue weighted by Gasteiger charge is -2.06. The molecule has 0 fully saturated rings. The minimum absolute atomic E-state index is 0.167. The highest BCUT2D eigenvalue weighted by atomic mass is 16.5. The van der Waals surface area contributed by atoms with E-state index in [1.54, 1.807) is 6.92 Å². The first-order valence-corrected chi connectivity index (χ1v) is 4.87. The van der Waals surface area contributed by atoms with Gasteiger partial charge in [0.05, 0.1) is 13.2 Å². The fraction of sp³-hybridized carbons (Fsp3) is 0.364.